The van der Waals surface area contributed by atoms with Crippen LogP contribution in [0.2, 0.25) is 0 Å². The van der Waals surface area contributed by atoms with Gasteiger partial charge in [-0.15, -0.1) is 0 Å². The summed E-state index contributed by atoms with van der Waals surface area (Å²) in [7, 11) is 0. The van der Waals surface area contributed by atoms with Gasteiger partial charge in [0.15, 0.2) is 0 Å². The van der Waals surface area contributed by atoms with Crippen molar-refractivity contribution in [3.63, 3.8) is 0 Å². The van der Waals surface area contributed by atoms with Crippen molar-refractivity contribution < 1.29 is 0 Å². The zero-order valence-corrected chi connectivity index (χ0v) is 12.9. The van der Waals surface area contributed by atoms with Gasteiger partial charge in [-0.3, -0.25) is 4.68 Å². The number of hydrogen-bond donors (Lipinski definition) is 1. The molecule has 0 saturated carbocycles. The van der Waals surface area contributed by atoms with Crippen LogP contribution in [0, 0.1) is 6.92 Å². The summed E-state index contributed by atoms with van der Waals surface area (Å²) in [5.41, 5.74) is 3.10. The maximum Gasteiger partial charge on any atom is 0.133 e. The minimum absolute atomic E-state index is 0.299. The molecule has 2 aromatic heterocycles. The molecule has 0 atom stereocenters. The van der Waals surface area contributed by atoms with Gasteiger partial charge in [0, 0.05) is 36.3 Å². The zero-order valence-electron chi connectivity index (χ0n) is 12.9. The molecular weight excluding hydrogens is 250 g/mol. The van der Waals surface area contributed by atoms with Crippen LogP contribution in [0.1, 0.15) is 45.0 Å². The van der Waals surface area contributed by atoms with Crippen LogP contribution in [0.3, 0.4) is 0 Å². The Kier molecular flexibility index (Phi) is 4.37. The first-order valence-electron chi connectivity index (χ1n) is 7.22. The monoisotopic (exact) mass is 273 g/mol. The van der Waals surface area contributed by atoms with Crippen molar-refractivity contribution in [2.24, 2.45) is 0 Å². The smallest absolute Gasteiger partial charge is 0.133 e. The van der Waals surface area contributed by atoms with E-state index in [9.17, 15) is 0 Å². The third-order valence-electron chi connectivity index (χ3n) is 3.25. The molecule has 0 aliphatic rings. The SMILES string of the molecule is CCNc1nc(C(C)C)nc(-c2cnn(CC)c2)c1C. The van der Waals surface area contributed by atoms with Gasteiger partial charge in [-0.1, -0.05) is 13.8 Å². The maximum absolute atomic E-state index is 4.73. The van der Waals surface area contributed by atoms with Gasteiger partial charge in [0.25, 0.3) is 0 Å². The first kappa shape index (κ1) is 14.5. The number of hydrogen-bond acceptors (Lipinski definition) is 4. The van der Waals surface area contributed by atoms with Gasteiger partial charge in [0.2, 0.25) is 0 Å². The van der Waals surface area contributed by atoms with Gasteiger partial charge in [-0.25, -0.2) is 9.97 Å². The topological polar surface area (TPSA) is 55.6 Å². The van der Waals surface area contributed by atoms with Gasteiger partial charge in [-0.05, 0) is 20.8 Å². The molecule has 0 radical (unpaired) electrons. The summed E-state index contributed by atoms with van der Waals surface area (Å²) in [6, 6.07) is 0. The molecule has 5 nitrogen and oxygen atoms in total. The van der Waals surface area contributed by atoms with Crippen LogP contribution >= 0.6 is 0 Å². The minimum atomic E-state index is 0.299. The van der Waals surface area contributed by atoms with Crippen LogP contribution in [0.4, 0.5) is 5.82 Å². The van der Waals surface area contributed by atoms with Crippen LogP contribution in [0.15, 0.2) is 12.4 Å². The summed E-state index contributed by atoms with van der Waals surface area (Å²) in [5.74, 6) is 2.09. The Bertz CT molecular complexity index is 586. The highest BCUT2D eigenvalue weighted by Crippen LogP contribution is 2.27. The highest BCUT2D eigenvalue weighted by atomic mass is 15.3. The fourth-order valence-electron chi connectivity index (χ4n) is 2.07. The maximum atomic E-state index is 4.73. The quantitative estimate of drug-likeness (QED) is 0.908. The fraction of sp³-hybridized carbons (Fsp3) is 0.533. The fourth-order valence-corrected chi connectivity index (χ4v) is 2.07. The molecule has 5 heteroatoms. The first-order chi connectivity index (χ1) is 9.56. The molecule has 0 unspecified atom stereocenters. The average Bonchev–Trinajstić information content (AvgIpc) is 2.89. The Morgan fingerprint density at radius 3 is 2.55 bits per heavy atom. The van der Waals surface area contributed by atoms with Crippen molar-refractivity contribution in [2.45, 2.75) is 47.1 Å². The first-order valence-corrected chi connectivity index (χ1v) is 7.22. The van der Waals surface area contributed by atoms with Crippen molar-refractivity contribution >= 4 is 5.82 Å². The second kappa shape index (κ2) is 6.03. The van der Waals surface area contributed by atoms with Crippen LogP contribution in [0.5, 0.6) is 0 Å². The highest BCUT2D eigenvalue weighted by Gasteiger charge is 2.15. The number of nitrogens with one attached hydrogen (secondary N) is 1. The van der Waals surface area contributed by atoms with Crippen LogP contribution < -0.4 is 5.32 Å². The third kappa shape index (κ3) is 2.81. The lowest BCUT2D eigenvalue weighted by molar-refractivity contribution is 0.660. The molecule has 0 amide bonds. The molecule has 2 heterocycles. The molecule has 0 bridgehead atoms. The van der Waals surface area contributed by atoms with Gasteiger partial charge in [0.1, 0.15) is 11.6 Å². The van der Waals surface area contributed by atoms with Gasteiger partial charge in [-0.2, -0.15) is 5.10 Å². The second-order valence-electron chi connectivity index (χ2n) is 5.17. The summed E-state index contributed by atoms with van der Waals surface area (Å²) >= 11 is 0. The van der Waals surface area contributed by atoms with Crippen molar-refractivity contribution in [2.75, 3.05) is 11.9 Å². The third-order valence-corrected chi connectivity index (χ3v) is 3.25. The van der Waals surface area contributed by atoms with E-state index in [1.807, 2.05) is 17.1 Å². The van der Waals surface area contributed by atoms with Crippen LogP contribution in [-0.4, -0.2) is 26.3 Å². The Balaban J connectivity index is 2.55. The van der Waals surface area contributed by atoms with Crippen LogP contribution in [0.25, 0.3) is 11.3 Å². The van der Waals surface area contributed by atoms with E-state index in [-0.39, 0.29) is 0 Å². The number of aryl methyl sites for hydroxylation is 1. The molecule has 0 saturated heterocycles. The molecular formula is C15H23N5. The standard InChI is InChI=1S/C15H23N5/c1-6-16-15-11(5)13(18-14(19-15)10(3)4)12-8-17-20(7-2)9-12/h8-10H,6-7H2,1-5H3,(H,16,18,19). The molecule has 0 fully saturated rings. The lowest BCUT2D eigenvalue weighted by Gasteiger charge is -2.14. The Morgan fingerprint density at radius 1 is 1.25 bits per heavy atom. The van der Waals surface area contributed by atoms with Crippen molar-refractivity contribution in [3.05, 3.63) is 23.8 Å². The summed E-state index contributed by atoms with van der Waals surface area (Å²) < 4.78 is 1.92. The molecule has 0 spiro atoms. The van der Waals surface area contributed by atoms with Crippen molar-refractivity contribution in [1.82, 2.24) is 19.7 Å². The molecule has 20 heavy (non-hydrogen) atoms. The summed E-state index contributed by atoms with van der Waals surface area (Å²) in [5, 5.41) is 7.66. The van der Waals surface area contributed by atoms with E-state index in [0.717, 1.165) is 41.6 Å². The largest absolute Gasteiger partial charge is 0.370 e. The molecule has 0 aliphatic heterocycles. The predicted octanol–water partition coefficient (Wildman–Crippen LogP) is 3.22. The van der Waals surface area contributed by atoms with Gasteiger partial charge >= 0.3 is 0 Å². The van der Waals surface area contributed by atoms with E-state index in [1.54, 1.807) is 0 Å². The Labute approximate surface area is 120 Å². The summed E-state index contributed by atoms with van der Waals surface area (Å²) in [4.78, 5) is 9.35. The highest BCUT2D eigenvalue weighted by molar-refractivity contribution is 5.67. The van der Waals surface area contributed by atoms with E-state index in [4.69, 9.17) is 4.98 Å². The van der Waals surface area contributed by atoms with Crippen LogP contribution in [-0.2, 0) is 6.54 Å². The lowest BCUT2D eigenvalue weighted by atomic mass is 10.1. The normalized spacial score (nSPS) is 11.1. The summed E-state index contributed by atoms with van der Waals surface area (Å²) in [6.45, 7) is 12.1. The number of nitrogens with zero attached hydrogens (tertiary/aromatic N) is 4. The summed E-state index contributed by atoms with van der Waals surface area (Å²) in [6.07, 6.45) is 3.91. The molecule has 2 aromatic rings. The number of rotatable bonds is 5. The van der Waals surface area contributed by atoms with Crippen molar-refractivity contribution in [3.8, 4) is 11.3 Å². The Hall–Kier alpha value is -1.91. The van der Waals surface area contributed by atoms with Crippen molar-refractivity contribution in [1.29, 1.82) is 0 Å². The molecule has 0 aliphatic carbocycles. The minimum Gasteiger partial charge on any atom is -0.370 e. The number of anilines is 1. The Morgan fingerprint density at radius 2 is 2.00 bits per heavy atom. The van der Waals surface area contributed by atoms with Gasteiger partial charge < -0.3 is 5.32 Å². The molecule has 108 valence electrons. The lowest BCUT2D eigenvalue weighted by Crippen LogP contribution is -2.08. The van der Waals surface area contributed by atoms with E-state index in [2.05, 4.69) is 50.0 Å². The van der Waals surface area contributed by atoms with E-state index in [0.29, 0.717) is 5.92 Å². The predicted molar refractivity (Wildman–Crippen MR) is 81.9 cm³/mol. The zero-order chi connectivity index (χ0) is 14.7. The van der Waals surface area contributed by atoms with E-state index < -0.39 is 0 Å². The van der Waals surface area contributed by atoms with E-state index >= 15 is 0 Å². The average molecular weight is 273 g/mol. The van der Waals surface area contributed by atoms with Gasteiger partial charge in [0.05, 0.1) is 11.9 Å². The van der Waals surface area contributed by atoms with E-state index in [1.165, 1.54) is 0 Å². The molecule has 2 rings (SSSR count). The molecule has 0 aromatic carbocycles. The molecule has 1 N–H and O–H groups in total. The second-order valence-corrected chi connectivity index (χ2v) is 5.17. The number of aromatic nitrogens is 4.